The summed E-state index contributed by atoms with van der Waals surface area (Å²) < 4.78 is 0. The second-order valence-electron chi connectivity index (χ2n) is 6.34. The Morgan fingerprint density at radius 3 is 2.76 bits per heavy atom. The van der Waals surface area contributed by atoms with Crippen LogP contribution in [0.4, 0.5) is 11.4 Å². The van der Waals surface area contributed by atoms with E-state index in [1.165, 1.54) is 25.7 Å². The van der Waals surface area contributed by atoms with Gasteiger partial charge in [0.15, 0.2) is 0 Å². The molecular weight excluding hydrogens is 262 g/mol. The molecule has 0 bridgehead atoms. The average molecular weight is 289 g/mol. The van der Waals surface area contributed by atoms with Crippen molar-refractivity contribution in [1.29, 1.82) is 0 Å². The zero-order valence-corrected chi connectivity index (χ0v) is 13.3. The van der Waals surface area contributed by atoms with Crippen LogP contribution in [0.1, 0.15) is 39.5 Å². The van der Waals surface area contributed by atoms with Crippen molar-refractivity contribution in [3.8, 4) is 0 Å². The minimum Gasteiger partial charge on any atom is -0.397 e. The molecule has 0 saturated heterocycles. The maximum absolute atomic E-state index is 12.4. The van der Waals surface area contributed by atoms with Gasteiger partial charge in [-0.3, -0.25) is 9.69 Å². The lowest BCUT2D eigenvalue weighted by Gasteiger charge is -2.37. The van der Waals surface area contributed by atoms with Crippen LogP contribution in [-0.2, 0) is 4.79 Å². The van der Waals surface area contributed by atoms with Crippen molar-refractivity contribution in [1.82, 2.24) is 4.90 Å². The predicted molar refractivity (Wildman–Crippen MR) is 88.1 cm³/mol. The summed E-state index contributed by atoms with van der Waals surface area (Å²) in [7, 11) is 2.06. The van der Waals surface area contributed by atoms with Gasteiger partial charge in [0.05, 0.1) is 17.4 Å². The lowest BCUT2D eigenvalue weighted by Crippen LogP contribution is -2.46. The van der Waals surface area contributed by atoms with Crippen molar-refractivity contribution >= 4 is 17.3 Å². The van der Waals surface area contributed by atoms with Crippen LogP contribution in [0.5, 0.6) is 0 Å². The number of carbonyl (C=O) groups is 1. The number of para-hydroxylation sites is 2. The van der Waals surface area contributed by atoms with E-state index in [9.17, 15) is 4.79 Å². The fourth-order valence-electron chi connectivity index (χ4n) is 3.12. The van der Waals surface area contributed by atoms with Gasteiger partial charge in [-0.05, 0) is 44.9 Å². The summed E-state index contributed by atoms with van der Waals surface area (Å²) in [4.78, 5) is 14.6. The Hall–Kier alpha value is -1.55. The smallest absolute Gasteiger partial charge is 0.241 e. The molecule has 1 aliphatic rings. The summed E-state index contributed by atoms with van der Waals surface area (Å²) in [5.74, 6) is 0.764. The number of rotatable bonds is 4. The maximum Gasteiger partial charge on any atom is 0.241 e. The summed E-state index contributed by atoms with van der Waals surface area (Å²) in [5, 5.41) is 2.94. The topological polar surface area (TPSA) is 58.4 Å². The standard InChI is InChI=1S/C17H27N3O/c1-12-7-6-8-14(11-12)20(3)13(2)17(21)19-16-10-5-4-9-15(16)18/h4-5,9-10,12-14H,6-8,11,18H2,1-3H3,(H,19,21). The molecule has 4 nitrogen and oxygen atoms in total. The predicted octanol–water partition coefficient (Wildman–Crippen LogP) is 3.11. The Kier molecular flexibility index (Phi) is 5.23. The second kappa shape index (κ2) is 6.94. The van der Waals surface area contributed by atoms with Gasteiger partial charge in [-0.1, -0.05) is 31.9 Å². The quantitative estimate of drug-likeness (QED) is 0.837. The molecule has 0 radical (unpaired) electrons. The Balaban J connectivity index is 1.97. The third kappa shape index (κ3) is 3.97. The van der Waals surface area contributed by atoms with Crippen molar-refractivity contribution in [2.75, 3.05) is 18.1 Å². The van der Waals surface area contributed by atoms with E-state index in [0.717, 1.165) is 5.92 Å². The van der Waals surface area contributed by atoms with E-state index in [1.54, 1.807) is 6.07 Å². The van der Waals surface area contributed by atoms with Crippen molar-refractivity contribution in [3.05, 3.63) is 24.3 Å². The molecule has 0 heterocycles. The molecule has 1 aromatic rings. The van der Waals surface area contributed by atoms with Gasteiger partial charge < -0.3 is 11.1 Å². The molecule has 1 saturated carbocycles. The van der Waals surface area contributed by atoms with Crippen LogP contribution >= 0.6 is 0 Å². The number of nitrogen functional groups attached to an aromatic ring is 1. The van der Waals surface area contributed by atoms with Crippen LogP contribution < -0.4 is 11.1 Å². The zero-order chi connectivity index (χ0) is 15.4. The first-order valence-corrected chi connectivity index (χ1v) is 7.86. The Morgan fingerprint density at radius 1 is 1.38 bits per heavy atom. The van der Waals surface area contributed by atoms with Crippen LogP contribution in [0.2, 0.25) is 0 Å². The molecule has 4 heteroatoms. The summed E-state index contributed by atoms with van der Waals surface area (Å²) in [6.07, 6.45) is 4.94. The highest BCUT2D eigenvalue weighted by Gasteiger charge is 2.28. The fourth-order valence-corrected chi connectivity index (χ4v) is 3.12. The van der Waals surface area contributed by atoms with Gasteiger partial charge in [0.1, 0.15) is 0 Å². The van der Waals surface area contributed by atoms with Crippen molar-refractivity contribution in [3.63, 3.8) is 0 Å². The second-order valence-corrected chi connectivity index (χ2v) is 6.34. The number of nitrogens with one attached hydrogen (secondary N) is 1. The van der Waals surface area contributed by atoms with Gasteiger partial charge in [0.25, 0.3) is 0 Å². The number of likely N-dealkylation sites (N-methyl/N-ethyl adjacent to an activating group) is 1. The normalized spacial score (nSPS) is 23.8. The number of hydrogen-bond donors (Lipinski definition) is 2. The molecule has 1 aromatic carbocycles. The first-order valence-electron chi connectivity index (χ1n) is 7.86. The van der Waals surface area contributed by atoms with Crippen LogP contribution in [0.15, 0.2) is 24.3 Å². The number of carbonyl (C=O) groups excluding carboxylic acids is 1. The van der Waals surface area contributed by atoms with Crippen LogP contribution in [0.3, 0.4) is 0 Å². The van der Waals surface area contributed by atoms with Crippen molar-refractivity contribution in [2.45, 2.75) is 51.6 Å². The molecule has 116 valence electrons. The molecule has 0 aliphatic heterocycles. The van der Waals surface area contributed by atoms with Gasteiger partial charge in [-0.15, -0.1) is 0 Å². The van der Waals surface area contributed by atoms with Gasteiger partial charge >= 0.3 is 0 Å². The third-order valence-electron chi connectivity index (χ3n) is 4.69. The van der Waals surface area contributed by atoms with Gasteiger partial charge in [-0.25, -0.2) is 0 Å². The van der Waals surface area contributed by atoms with Gasteiger partial charge in [0.2, 0.25) is 5.91 Å². The molecule has 1 amide bonds. The summed E-state index contributed by atoms with van der Waals surface area (Å²) in [6, 6.07) is 7.73. The summed E-state index contributed by atoms with van der Waals surface area (Å²) >= 11 is 0. The van der Waals surface area contributed by atoms with Gasteiger partial charge in [-0.2, -0.15) is 0 Å². The maximum atomic E-state index is 12.4. The monoisotopic (exact) mass is 289 g/mol. The Labute approximate surface area is 127 Å². The zero-order valence-electron chi connectivity index (χ0n) is 13.3. The SMILES string of the molecule is CC1CCCC(N(C)C(C)C(=O)Nc2ccccc2N)C1. The van der Waals surface area contributed by atoms with E-state index in [-0.39, 0.29) is 11.9 Å². The first-order chi connectivity index (χ1) is 9.99. The highest BCUT2D eigenvalue weighted by molar-refractivity contribution is 5.97. The lowest BCUT2D eigenvalue weighted by atomic mass is 9.86. The molecule has 0 aromatic heterocycles. The Morgan fingerprint density at radius 2 is 2.10 bits per heavy atom. The largest absolute Gasteiger partial charge is 0.397 e. The number of anilines is 2. The number of benzene rings is 1. The third-order valence-corrected chi connectivity index (χ3v) is 4.69. The summed E-state index contributed by atoms with van der Waals surface area (Å²) in [6.45, 7) is 4.27. The van der Waals surface area contributed by atoms with Crippen LogP contribution in [0.25, 0.3) is 0 Å². The highest BCUT2D eigenvalue weighted by atomic mass is 16.2. The van der Waals surface area contributed by atoms with Crippen molar-refractivity contribution < 1.29 is 4.79 Å². The number of hydrogen-bond acceptors (Lipinski definition) is 3. The first kappa shape index (κ1) is 15.8. The molecule has 3 N–H and O–H groups in total. The lowest BCUT2D eigenvalue weighted by molar-refractivity contribution is -0.121. The molecule has 1 fully saturated rings. The molecule has 2 rings (SSSR count). The van der Waals surface area contributed by atoms with E-state index in [4.69, 9.17) is 5.73 Å². The number of nitrogens with zero attached hydrogens (tertiary/aromatic N) is 1. The molecule has 3 unspecified atom stereocenters. The average Bonchev–Trinajstić information content (AvgIpc) is 2.48. The Bertz CT molecular complexity index is 489. The minimum atomic E-state index is -0.153. The van der Waals surface area contributed by atoms with E-state index in [1.807, 2.05) is 25.1 Å². The van der Waals surface area contributed by atoms with E-state index in [0.29, 0.717) is 17.4 Å². The number of nitrogens with two attached hydrogens (primary N) is 1. The van der Waals surface area contributed by atoms with E-state index >= 15 is 0 Å². The molecule has 0 spiro atoms. The highest BCUT2D eigenvalue weighted by Crippen LogP contribution is 2.28. The minimum absolute atomic E-state index is 0.00799. The van der Waals surface area contributed by atoms with Crippen LogP contribution in [-0.4, -0.2) is 29.9 Å². The van der Waals surface area contributed by atoms with Crippen LogP contribution in [0, 0.1) is 5.92 Å². The summed E-state index contributed by atoms with van der Waals surface area (Å²) in [5.41, 5.74) is 7.18. The molecule has 1 aliphatic carbocycles. The fraction of sp³-hybridized carbons (Fsp3) is 0.588. The molecule has 21 heavy (non-hydrogen) atoms. The van der Waals surface area contributed by atoms with Gasteiger partial charge in [0, 0.05) is 6.04 Å². The number of amides is 1. The molecule has 3 atom stereocenters. The van der Waals surface area contributed by atoms with Crippen molar-refractivity contribution in [2.24, 2.45) is 5.92 Å². The molecular formula is C17H27N3O. The van der Waals surface area contributed by atoms with E-state index in [2.05, 4.69) is 24.2 Å². The van der Waals surface area contributed by atoms with E-state index < -0.39 is 0 Å².